The molecule has 3 amide bonds. The van der Waals surface area contributed by atoms with Crippen molar-refractivity contribution in [3.05, 3.63) is 35.4 Å². The highest BCUT2D eigenvalue weighted by molar-refractivity contribution is 5.93. The summed E-state index contributed by atoms with van der Waals surface area (Å²) in [4.78, 5) is 37.1. The van der Waals surface area contributed by atoms with Crippen molar-refractivity contribution >= 4 is 17.7 Å². The molecular formula is C15H17F2N3O3. The quantitative estimate of drug-likeness (QED) is 0.816. The van der Waals surface area contributed by atoms with Crippen molar-refractivity contribution < 1.29 is 23.2 Å². The Morgan fingerprint density at radius 3 is 2.74 bits per heavy atom. The molecule has 8 heteroatoms. The number of rotatable bonds is 4. The van der Waals surface area contributed by atoms with Crippen LogP contribution in [0.5, 0.6) is 0 Å². The molecule has 23 heavy (non-hydrogen) atoms. The fourth-order valence-electron chi connectivity index (χ4n) is 2.42. The highest BCUT2D eigenvalue weighted by Crippen LogP contribution is 2.14. The van der Waals surface area contributed by atoms with Gasteiger partial charge in [0, 0.05) is 20.1 Å². The normalized spacial score (nSPS) is 17.6. The molecule has 2 N–H and O–H groups in total. The van der Waals surface area contributed by atoms with Crippen LogP contribution in [-0.4, -0.2) is 48.8 Å². The SMILES string of the molecule is CNC(=O)CC1C(=O)NCCN1C(=O)Cc1ccc(F)c(F)c1. The monoisotopic (exact) mass is 325 g/mol. The summed E-state index contributed by atoms with van der Waals surface area (Å²) in [5, 5.41) is 5.01. The van der Waals surface area contributed by atoms with E-state index >= 15 is 0 Å². The van der Waals surface area contributed by atoms with Gasteiger partial charge in [0.15, 0.2) is 11.6 Å². The van der Waals surface area contributed by atoms with Crippen molar-refractivity contribution in [3.63, 3.8) is 0 Å². The lowest BCUT2D eigenvalue weighted by Crippen LogP contribution is -2.58. The predicted molar refractivity (Wildman–Crippen MR) is 77.3 cm³/mol. The average molecular weight is 325 g/mol. The third-order valence-corrected chi connectivity index (χ3v) is 3.65. The Kier molecular flexibility index (Phi) is 5.25. The summed E-state index contributed by atoms with van der Waals surface area (Å²) in [5.74, 6) is -3.21. The lowest BCUT2D eigenvalue weighted by atomic mass is 10.1. The van der Waals surface area contributed by atoms with E-state index in [-0.39, 0.29) is 31.8 Å². The van der Waals surface area contributed by atoms with Gasteiger partial charge in [-0.25, -0.2) is 8.78 Å². The molecule has 1 aromatic rings. The largest absolute Gasteiger partial charge is 0.359 e. The Hall–Kier alpha value is -2.51. The van der Waals surface area contributed by atoms with Gasteiger partial charge in [0.25, 0.3) is 0 Å². The first kappa shape index (κ1) is 16.9. The summed E-state index contributed by atoms with van der Waals surface area (Å²) in [5.41, 5.74) is 0.304. The van der Waals surface area contributed by atoms with Gasteiger partial charge in [-0.1, -0.05) is 6.07 Å². The van der Waals surface area contributed by atoms with Crippen LogP contribution in [0.1, 0.15) is 12.0 Å². The summed E-state index contributed by atoms with van der Waals surface area (Å²) in [7, 11) is 1.44. The van der Waals surface area contributed by atoms with Gasteiger partial charge in [0.1, 0.15) is 6.04 Å². The summed E-state index contributed by atoms with van der Waals surface area (Å²) in [6, 6.07) is 2.31. The smallest absolute Gasteiger partial charge is 0.243 e. The Morgan fingerprint density at radius 2 is 2.09 bits per heavy atom. The van der Waals surface area contributed by atoms with Gasteiger partial charge in [-0.3, -0.25) is 14.4 Å². The standard InChI is InChI=1S/C15H17F2N3O3/c1-18-13(21)8-12-15(23)19-4-5-20(12)14(22)7-9-2-3-10(16)11(17)6-9/h2-3,6,12H,4-5,7-8H2,1H3,(H,18,21)(H,19,23). The predicted octanol–water partition coefficient (Wildman–Crippen LogP) is -0.0296. The van der Waals surface area contributed by atoms with Crippen LogP contribution in [0.4, 0.5) is 8.78 Å². The van der Waals surface area contributed by atoms with Crippen LogP contribution in [0.25, 0.3) is 0 Å². The third-order valence-electron chi connectivity index (χ3n) is 3.65. The molecule has 1 unspecified atom stereocenters. The van der Waals surface area contributed by atoms with Gasteiger partial charge >= 0.3 is 0 Å². The van der Waals surface area contributed by atoms with E-state index in [0.717, 1.165) is 12.1 Å². The maximum Gasteiger partial charge on any atom is 0.243 e. The maximum atomic E-state index is 13.2. The van der Waals surface area contributed by atoms with Gasteiger partial charge in [-0.15, -0.1) is 0 Å². The van der Waals surface area contributed by atoms with E-state index in [1.165, 1.54) is 18.0 Å². The molecule has 1 aromatic carbocycles. The molecule has 1 heterocycles. The minimum absolute atomic E-state index is 0.147. The van der Waals surface area contributed by atoms with Crippen LogP contribution in [-0.2, 0) is 20.8 Å². The zero-order valence-corrected chi connectivity index (χ0v) is 12.6. The number of benzene rings is 1. The molecule has 0 aromatic heterocycles. The first-order chi connectivity index (χ1) is 10.9. The topological polar surface area (TPSA) is 78.5 Å². The second-order valence-corrected chi connectivity index (χ2v) is 5.20. The van der Waals surface area contributed by atoms with E-state index in [4.69, 9.17) is 0 Å². The lowest BCUT2D eigenvalue weighted by Gasteiger charge is -2.34. The summed E-state index contributed by atoms with van der Waals surface area (Å²) < 4.78 is 26.1. The molecule has 6 nitrogen and oxygen atoms in total. The van der Waals surface area contributed by atoms with E-state index in [9.17, 15) is 23.2 Å². The first-order valence-electron chi connectivity index (χ1n) is 7.14. The van der Waals surface area contributed by atoms with Crippen LogP contribution < -0.4 is 10.6 Å². The van der Waals surface area contributed by atoms with Gasteiger partial charge < -0.3 is 15.5 Å². The number of hydrogen-bond donors (Lipinski definition) is 2. The van der Waals surface area contributed by atoms with Crippen LogP contribution in [0.2, 0.25) is 0 Å². The molecule has 124 valence electrons. The Morgan fingerprint density at radius 1 is 1.35 bits per heavy atom. The van der Waals surface area contributed by atoms with Crippen molar-refractivity contribution in [2.24, 2.45) is 0 Å². The number of piperazine rings is 1. The van der Waals surface area contributed by atoms with Crippen LogP contribution in [0, 0.1) is 11.6 Å². The fourth-order valence-corrected chi connectivity index (χ4v) is 2.42. The van der Waals surface area contributed by atoms with E-state index in [2.05, 4.69) is 10.6 Å². The highest BCUT2D eigenvalue weighted by atomic mass is 19.2. The molecule has 1 atom stereocenters. The summed E-state index contributed by atoms with van der Waals surface area (Å²) in [6.45, 7) is 0.544. The average Bonchev–Trinajstić information content (AvgIpc) is 2.52. The zero-order valence-electron chi connectivity index (χ0n) is 12.6. The van der Waals surface area contributed by atoms with Crippen molar-refractivity contribution in [3.8, 4) is 0 Å². The maximum absolute atomic E-state index is 13.2. The second-order valence-electron chi connectivity index (χ2n) is 5.20. The fraction of sp³-hybridized carbons (Fsp3) is 0.400. The van der Waals surface area contributed by atoms with Gasteiger partial charge in [0.05, 0.1) is 12.8 Å². The minimum atomic E-state index is -1.03. The molecule has 0 spiro atoms. The Bertz CT molecular complexity index is 636. The van der Waals surface area contributed by atoms with Crippen molar-refractivity contribution in [1.82, 2.24) is 15.5 Å². The van der Waals surface area contributed by atoms with E-state index in [0.29, 0.717) is 5.56 Å². The molecule has 1 fully saturated rings. The van der Waals surface area contributed by atoms with E-state index < -0.39 is 29.5 Å². The highest BCUT2D eigenvalue weighted by Gasteiger charge is 2.34. The number of nitrogens with zero attached hydrogens (tertiary/aromatic N) is 1. The zero-order chi connectivity index (χ0) is 17.0. The number of hydrogen-bond acceptors (Lipinski definition) is 3. The molecule has 0 bridgehead atoms. The van der Waals surface area contributed by atoms with Crippen LogP contribution >= 0.6 is 0 Å². The molecule has 0 aliphatic carbocycles. The number of carbonyl (C=O) groups is 3. The molecule has 1 aliphatic rings. The molecule has 2 rings (SSSR count). The van der Waals surface area contributed by atoms with Crippen LogP contribution in [0.3, 0.4) is 0 Å². The second kappa shape index (κ2) is 7.17. The van der Waals surface area contributed by atoms with E-state index in [1.807, 2.05) is 0 Å². The third kappa shape index (κ3) is 4.02. The molecule has 0 radical (unpaired) electrons. The number of amides is 3. The number of carbonyl (C=O) groups excluding carboxylic acids is 3. The van der Waals surface area contributed by atoms with Gasteiger partial charge in [0.2, 0.25) is 17.7 Å². The molecule has 1 saturated heterocycles. The van der Waals surface area contributed by atoms with Crippen molar-refractivity contribution in [2.45, 2.75) is 18.9 Å². The van der Waals surface area contributed by atoms with Gasteiger partial charge in [-0.2, -0.15) is 0 Å². The minimum Gasteiger partial charge on any atom is -0.359 e. The van der Waals surface area contributed by atoms with Gasteiger partial charge in [-0.05, 0) is 17.7 Å². The van der Waals surface area contributed by atoms with E-state index in [1.54, 1.807) is 0 Å². The lowest BCUT2D eigenvalue weighted by molar-refractivity contribution is -0.144. The molecular weight excluding hydrogens is 308 g/mol. The summed E-state index contributed by atoms with van der Waals surface area (Å²) in [6.07, 6.45) is -0.319. The van der Waals surface area contributed by atoms with Crippen molar-refractivity contribution in [1.29, 1.82) is 0 Å². The Balaban J connectivity index is 2.12. The number of nitrogens with one attached hydrogen (secondary N) is 2. The summed E-state index contributed by atoms with van der Waals surface area (Å²) >= 11 is 0. The van der Waals surface area contributed by atoms with Crippen LogP contribution in [0.15, 0.2) is 18.2 Å². The molecule has 1 aliphatic heterocycles. The molecule has 0 saturated carbocycles. The Labute approximate surface area is 131 Å². The first-order valence-corrected chi connectivity index (χ1v) is 7.14. The van der Waals surface area contributed by atoms with Crippen molar-refractivity contribution in [2.75, 3.05) is 20.1 Å². The number of halogens is 2.